The molecule has 0 N–H and O–H groups in total. The topological polar surface area (TPSA) is 3.88 Å². The van der Waals surface area contributed by atoms with E-state index in [-0.39, 0.29) is 0 Å². The Morgan fingerprint density at radius 1 is 1.17 bits per heavy atom. The third kappa shape index (κ3) is 1.34. The molecule has 0 fully saturated rings. The van der Waals surface area contributed by atoms with Crippen molar-refractivity contribution < 1.29 is 4.57 Å². The number of hydrogen-bond acceptors (Lipinski definition) is 0. The molecule has 2 heteroatoms. The number of benzene rings is 1. The summed E-state index contributed by atoms with van der Waals surface area (Å²) in [6.45, 7) is 0. The molecule has 0 atom stereocenters. The Morgan fingerprint density at radius 2 is 2.00 bits per heavy atom. The monoisotopic (exact) mass is 222 g/mol. The van der Waals surface area contributed by atoms with Crippen molar-refractivity contribution in [3.63, 3.8) is 0 Å². The molecule has 2 aromatic rings. The van der Waals surface area contributed by atoms with E-state index < -0.39 is 0 Å². The zero-order valence-corrected chi connectivity index (χ0v) is 8.38. The van der Waals surface area contributed by atoms with E-state index in [9.17, 15) is 0 Å². The average molecular weight is 223 g/mol. The zero-order valence-electron chi connectivity index (χ0n) is 6.79. The molecule has 0 radical (unpaired) electrons. The van der Waals surface area contributed by atoms with Crippen LogP contribution < -0.4 is 4.57 Å². The summed E-state index contributed by atoms with van der Waals surface area (Å²) in [5.41, 5.74) is 0. The Labute approximate surface area is 79.8 Å². The molecular weight excluding hydrogens is 214 g/mol. The molecule has 1 aromatic carbocycles. The molecule has 0 saturated heterocycles. The average Bonchev–Trinajstić information content (AvgIpc) is 2.05. The maximum Gasteiger partial charge on any atom is 0.176 e. The van der Waals surface area contributed by atoms with Crippen LogP contribution >= 0.6 is 15.9 Å². The van der Waals surface area contributed by atoms with Gasteiger partial charge in [-0.05, 0) is 23.6 Å². The molecule has 1 heterocycles. The number of aromatic nitrogens is 1. The Balaban J connectivity index is 2.79. The van der Waals surface area contributed by atoms with E-state index in [1.54, 1.807) is 0 Å². The van der Waals surface area contributed by atoms with Gasteiger partial charge in [0, 0.05) is 15.9 Å². The van der Waals surface area contributed by atoms with Gasteiger partial charge in [-0.1, -0.05) is 15.9 Å². The summed E-state index contributed by atoms with van der Waals surface area (Å²) in [5.74, 6) is 0. The lowest BCUT2D eigenvalue weighted by molar-refractivity contribution is -0.670. The molecule has 0 amide bonds. The lowest BCUT2D eigenvalue weighted by Gasteiger charge is -1.95. The van der Waals surface area contributed by atoms with E-state index in [1.165, 1.54) is 10.8 Å². The summed E-state index contributed by atoms with van der Waals surface area (Å²) in [7, 11) is 2.03. The van der Waals surface area contributed by atoms with E-state index in [1.807, 2.05) is 7.05 Å². The lowest BCUT2D eigenvalue weighted by atomic mass is 10.2. The van der Waals surface area contributed by atoms with Crippen molar-refractivity contribution in [2.45, 2.75) is 0 Å². The van der Waals surface area contributed by atoms with Gasteiger partial charge in [-0.2, -0.15) is 0 Å². The number of hydrogen-bond donors (Lipinski definition) is 0. The standard InChI is InChI=1S/C10H9BrN/c1-12-5-4-8-6-10(11)3-2-9(8)7-12/h2-7H,1H3/q+1. The van der Waals surface area contributed by atoms with Crippen LogP contribution in [0.5, 0.6) is 0 Å². The molecule has 2 rings (SSSR count). The van der Waals surface area contributed by atoms with Crippen molar-refractivity contribution in [3.8, 4) is 0 Å². The molecule has 0 saturated carbocycles. The van der Waals surface area contributed by atoms with Gasteiger partial charge in [-0.15, -0.1) is 0 Å². The summed E-state index contributed by atoms with van der Waals surface area (Å²) < 4.78 is 3.18. The second-order valence-corrected chi connectivity index (χ2v) is 3.80. The Bertz CT molecular complexity index is 382. The number of pyridine rings is 1. The highest BCUT2D eigenvalue weighted by Gasteiger charge is 1.97. The van der Waals surface area contributed by atoms with Crippen LogP contribution in [0.1, 0.15) is 0 Å². The SMILES string of the molecule is C[n+]1ccc2cc(Br)ccc2c1. The van der Waals surface area contributed by atoms with Crippen molar-refractivity contribution >= 4 is 26.7 Å². The highest BCUT2D eigenvalue weighted by molar-refractivity contribution is 9.10. The molecule has 0 aliphatic rings. The maximum atomic E-state index is 3.44. The van der Waals surface area contributed by atoms with Gasteiger partial charge in [-0.25, -0.2) is 4.57 Å². The predicted octanol–water partition coefficient (Wildman–Crippen LogP) is 2.43. The zero-order chi connectivity index (χ0) is 8.55. The van der Waals surface area contributed by atoms with E-state index in [0.717, 1.165) is 4.47 Å². The van der Waals surface area contributed by atoms with Crippen LogP contribution in [0.15, 0.2) is 41.1 Å². The molecule has 0 bridgehead atoms. The van der Waals surface area contributed by atoms with Gasteiger partial charge >= 0.3 is 0 Å². The quantitative estimate of drug-likeness (QED) is 0.604. The molecule has 0 aliphatic carbocycles. The van der Waals surface area contributed by atoms with Crippen LogP contribution in [0.25, 0.3) is 10.8 Å². The molecule has 0 spiro atoms. The first-order chi connectivity index (χ1) is 5.75. The largest absolute Gasteiger partial charge is 0.207 e. The summed E-state index contributed by atoms with van der Waals surface area (Å²) >= 11 is 3.44. The van der Waals surface area contributed by atoms with Gasteiger partial charge in [0.15, 0.2) is 12.4 Å². The van der Waals surface area contributed by atoms with Crippen LogP contribution in [-0.4, -0.2) is 0 Å². The number of halogens is 1. The van der Waals surface area contributed by atoms with Crippen molar-refractivity contribution in [2.24, 2.45) is 7.05 Å². The Kier molecular flexibility index (Phi) is 1.85. The van der Waals surface area contributed by atoms with E-state index >= 15 is 0 Å². The van der Waals surface area contributed by atoms with E-state index in [0.29, 0.717) is 0 Å². The first-order valence-electron chi connectivity index (χ1n) is 3.80. The summed E-state index contributed by atoms with van der Waals surface area (Å²) in [6, 6.07) is 8.40. The highest BCUT2D eigenvalue weighted by atomic mass is 79.9. The van der Waals surface area contributed by atoms with Crippen LogP contribution in [0, 0.1) is 0 Å². The summed E-state index contributed by atoms with van der Waals surface area (Å²) in [6.07, 6.45) is 4.16. The van der Waals surface area contributed by atoms with Gasteiger partial charge in [0.2, 0.25) is 0 Å². The van der Waals surface area contributed by atoms with Crippen molar-refractivity contribution in [2.75, 3.05) is 0 Å². The van der Waals surface area contributed by atoms with Gasteiger partial charge < -0.3 is 0 Å². The molecular formula is C10H9BrN+. The third-order valence-electron chi connectivity index (χ3n) is 1.88. The van der Waals surface area contributed by atoms with Crippen LogP contribution in [0.4, 0.5) is 0 Å². The fourth-order valence-corrected chi connectivity index (χ4v) is 1.65. The maximum absolute atomic E-state index is 3.44. The molecule has 1 nitrogen and oxygen atoms in total. The minimum atomic E-state index is 1.13. The number of fused-ring (bicyclic) bond motifs is 1. The van der Waals surface area contributed by atoms with E-state index in [2.05, 4.69) is 57.2 Å². The number of rotatable bonds is 0. The first kappa shape index (κ1) is 7.74. The Hall–Kier alpha value is -0.890. The molecule has 0 unspecified atom stereocenters. The van der Waals surface area contributed by atoms with Crippen LogP contribution in [-0.2, 0) is 7.05 Å². The van der Waals surface area contributed by atoms with Crippen molar-refractivity contribution in [1.29, 1.82) is 0 Å². The fraction of sp³-hybridized carbons (Fsp3) is 0.100. The first-order valence-corrected chi connectivity index (χ1v) is 4.59. The summed E-state index contributed by atoms with van der Waals surface area (Å²) in [4.78, 5) is 0. The second-order valence-electron chi connectivity index (χ2n) is 2.88. The molecule has 1 aromatic heterocycles. The lowest BCUT2D eigenvalue weighted by Crippen LogP contribution is -2.25. The van der Waals surface area contributed by atoms with Crippen LogP contribution in [0.2, 0.25) is 0 Å². The Morgan fingerprint density at radius 3 is 2.83 bits per heavy atom. The molecule has 60 valence electrons. The highest BCUT2D eigenvalue weighted by Crippen LogP contribution is 2.17. The fourth-order valence-electron chi connectivity index (χ4n) is 1.27. The third-order valence-corrected chi connectivity index (χ3v) is 2.37. The van der Waals surface area contributed by atoms with Gasteiger partial charge in [-0.3, -0.25) is 0 Å². The van der Waals surface area contributed by atoms with Gasteiger partial charge in [0.1, 0.15) is 7.05 Å². The minimum absolute atomic E-state index is 1.13. The van der Waals surface area contributed by atoms with Crippen LogP contribution in [0.3, 0.4) is 0 Å². The smallest absolute Gasteiger partial charge is 0.176 e. The normalized spacial score (nSPS) is 10.5. The number of nitrogens with zero attached hydrogens (tertiary/aromatic N) is 1. The molecule has 0 aliphatic heterocycles. The van der Waals surface area contributed by atoms with Crippen molar-refractivity contribution in [3.05, 3.63) is 41.1 Å². The number of aryl methyl sites for hydroxylation is 1. The predicted molar refractivity (Wildman–Crippen MR) is 52.8 cm³/mol. The second kappa shape index (κ2) is 2.87. The minimum Gasteiger partial charge on any atom is -0.207 e. The van der Waals surface area contributed by atoms with Gasteiger partial charge in [0.25, 0.3) is 0 Å². The van der Waals surface area contributed by atoms with Gasteiger partial charge in [0.05, 0.1) is 0 Å². The molecule has 12 heavy (non-hydrogen) atoms. The summed E-state index contributed by atoms with van der Waals surface area (Å²) in [5, 5.41) is 2.53. The van der Waals surface area contributed by atoms with E-state index in [4.69, 9.17) is 0 Å². The van der Waals surface area contributed by atoms with Crippen molar-refractivity contribution in [1.82, 2.24) is 0 Å².